The van der Waals surface area contributed by atoms with Gasteiger partial charge in [0, 0.05) is 0 Å². The van der Waals surface area contributed by atoms with Gasteiger partial charge in [-0.05, 0) is 10.9 Å². The summed E-state index contributed by atoms with van der Waals surface area (Å²) in [5.74, 6) is 0. The van der Waals surface area contributed by atoms with Gasteiger partial charge in [-0.2, -0.15) is 0 Å². The summed E-state index contributed by atoms with van der Waals surface area (Å²) in [6.45, 7) is 0. The molecule has 0 fully saturated rings. The Bertz CT molecular complexity index is 15.5. The van der Waals surface area contributed by atoms with Gasteiger partial charge in [-0.1, -0.05) is 0 Å². The first-order chi connectivity index (χ1) is 1.73. The number of hydrogen-bond donors (Lipinski definition) is 0. The van der Waals surface area contributed by atoms with Crippen LogP contribution in [0.1, 0.15) is 1.43 Å². The first kappa shape index (κ1) is 9.43. The van der Waals surface area contributed by atoms with Crippen molar-refractivity contribution in [3.63, 3.8) is 0 Å². The molecule has 0 saturated carbocycles. The molecule has 5 heavy (non-hydrogen) atoms. The summed E-state index contributed by atoms with van der Waals surface area (Å²) in [6, 6.07) is 0. The van der Waals surface area contributed by atoms with E-state index >= 15 is 0 Å². The normalized spacial score (nSPS) is 7.20. The first-order valence-electron chi connectivity index (χ1n) is 1.22. The molecule has 0 aromatic carbocycles. The molecule has 0 N–H and O–H groups in total. The highest BCUT2D eigenvalue weighted by atomic mass is 127. The lowest BCUT2D eigenvalue weighted by molar-refractivity contribution is -0.00000109. The second-order valence-corrected chi connectivity index (χ2v) is 3.67. The zero-order chi connectivity index (χ0) is 3.58. The summed E-state index contributed by atoms with van der Waals surface area (Å²) in [6.07, 6.45) is 6.58. The molecule has 0 aromatic heterocycles. The number of halogens is 1. The molecular formula is C3H10IS+. The summed E-state index contributed by atoms with van der Waals surface area (Å²) < 4.78 is 0. The Morgan fingerprint density at radius 2 is 1.20 bits per heavy atom. The van der Waals surface area contributed by atoms with Gasteiger partial charge in [0.25, 0.3) is 0 Å². The molecule has 0 nitrogen and oxygen atoms in total. The van der Waals surface area contributed by atoms with Crippen LogP contribution in [0, 0.1) is 0 Å². The van der Waals surface area contributed by atoms with Crippen molar-refractivity contribution in [2.45, 2.75) is 0 Å². The Kier molecular flexibility index (Phi) is 9.58. The van der Waals surface area contributed by atoms with Crippen molar-refractivity contribution in [3.05, 3.63) is 0 Å². The van der Waals surface area contributed by atoms with Crippen LogP contribution in [-0.2, 0) is 10.9 Å². The smallest absolute Gasteiger partial charge is 1.00 e. The van der Waals surface area contributed by atoms with Crippen LogP contribution in [0.4, 0.5) is 0 Å². The Morgan fingerprint density at radius 3 is 1.20 bits per heavy atom. The fraction of sp³-hybridized carbons (Fsp3) is 1.00. The SMILES string of the molecule is C[S+](C)C.[H+].[I-]. The Hall–Kier alpha value is 1.08. The molecule has 0 spiro atoms. The fourth-order valence-corrected chi connectivity index (χ4v) is 0. The molecule has 0 aromatic rings. The summed E-state index contributed by atoms with van der Waals surface area (Å²) in [7, 11) is 0.639. The van der Waals surface area contributed by atoms with Crippen molar-refractivity contribution in [1.29, 1.82) is 0 Å². The zero-order valence-corrected chi connectivity index (χ0v) is 6.76. The van der Waals surface area contributed by atoms with Crippen LogP contribution in [0.3, 0.4) is 0 Å². The Labute approximate surface area is 55.2 Å². The van der Waals surface area contributed by atoms with Crippen molar-refractivity contribution in [2.75, 3.05) is 18.8 Å². The van der Waals surface area contributed by atoms with Crippen molar-refractivity contribution in [1.82, 2.24) is 0 Å². The average molecular weight is 205 g/mol. The van der Waals surface area contributed by atoms with E-state index in [1.807, 2.05) is 0 Å². The molecular weight excluding hydrogens is 195 g/mol. The van der Waals surface area contributed by atoms with Crippen LogP contribution in [-0.4, -0.2) is 18.8 Å². The van der Waals surface area contributed by atoms with Gasteiger partial charge in [0.1, 0.15) is 0 Å². The highest BCUT2D eigenvalue weighted by Crippen LogP contribution is 1.63. The third-order valence-electron chi connectivity index (χ3n) is 0. The van der Waals surface area contributed by atoms with Crippen molar-refractivity contribution in [2.24, 2.45) is 0 Å². The molecule has 0 aliphatic heterocycles. The van der Waals surface area contributed by atoms with Crippen LogP contribution in [0.2, 0.25) is 0 Å². The fourth-order valence-electron chi connectivity index (χ4n) is 0. The molecule has 2 heteroatoms. The average Bonchev–Trinajstić information content (AvgIpc) is 0.811. The van der Waals surface area contributed by atoms with Crippen molar-refractivity contribution < 1.29 is 25.4 Å². The van der Waals surface area contributed by atoms with E-state index in [1.165, 1.54) is 0 Å². The summed E-state index contributed by atoms with van der Waals surface area (Å²) >= 11 is 0. The van der Waals surface area contributed by atoms with E-state index in [0.29, 0.717) is 10.9 Å². The summed E-state index contributed by atoms with van der Waals surface area (Å²) in [5.41, 5.74) is 0. The van der Waals surface area contributed by atoms with Crippen LogP contribution in [0.25, 0.3) is 0 Å². The maximum atomic E-state index is 2.19. The largest absolute Gasteiger partial charge is 1.00 e. The van der Waals surface area contributed by atoms with Gasteiger partial charge in [0.05, 0.1) is 18.8 Å². The van der Waals surface area contributed by atoms with E-state index in [2.05, 4.69) is 18.8 Å². The van der Waals surface area contributed by atoms with Gasteiger partial charge in [-0.3, -0.25) is 0 Å². The maximum absolute atomic E-state index is 2.19. The van der Waals surface area contributed by atoms with Gasteiger partial charge in [0.15, 0.2) is 0 Å². The van der Waals surface area contributed by atoms with E-state index < -0.39 is 0 Å². The molecule has 0 radical (unpaired) electrons. The van der Waals surface area contributed by atoms with Gasteiger partial charge < -0.3 is 24.0 Å². The predicted octanol–water partition coefficient (Wildman–Crippen LogP) is -2.39. The second-order valence-electron chi connectivity index (χ2n) is 1.22. The summed E-state index contributed by atoms with van der Waals surface area (Å²) in [5, 5.41) is 0. The quantitative estimate of drug-likeness (QED) is 0.306. The monoisotopic (exact) mass is 205 g/mol. The standard InChI is InChI=1S/C3H9S.HI/c1-4(2)3;/h1-3H3;1H/q+1;. The topological polar surface area (TPSA) is 0 Å². The molecule has 0 aliphatic carbocycles. The third kappa shape index (κ3) is 41.3. The molecule has 0 rings (SSSR count). The Balaban J connectivity index is -0.0000000450. The lowest BCUT2D eigenvalue weighted by Crippen LogP contribution is -3.00. The van der Waals surface area contributed by atoms with Crippen LogP contribution in [0.15, 0.2) is 0 Å². The molecule has 0 bridgehead atoms. The molecule has 0 atom stereocenters. The summed E-state index contributed by atoms with van der Waals surface area (Å²) in [4.78, 5) is 0. The van der Waals surface area contributed by atoms with Gasteiger partial charge in [0.2, 0.25) is 0 Å². The first-order valence-corrected chi connectivity index (χ1v) is 3.67. The number of rotatable bonds is 0. The zero-order valence-electron chi connectivity index (χ0n) is 4.79. The highest BCUT2D eigenvalue weighted by molar-refractivity contribution is 7.94. The van der Waals surface area contributed by atoms with E-state index in [9.17, 15) is 0 Å². The Morgan fingerprint density at radius 1 is 1.20 bits per heavy atom. The van der Waals surface area contributed by atoms with Gasteiger partial charge >= 0.3 is 1.43 Å². The van der Waals surface area contributed by atoms with E-state index in [0.717, 1.165) is 0 Å². The molecule has 34 valence electrons. The van der Waals surface area contributed by atoms with Gasteiger partial charge in [-0.15, -0.1) is 0 Å². The van der Waals surface area contributed by atoms with Crippen LogP contribution >= 0.6 is 0 Å². The van der Waals surface area contributed by atoms with E-state index in [1.54, 1.807) is 0 Å². The lowest BCUT2D eigenvalue weighted by atomic mass is 11.9. The van der Waals surface area contributed by atoms with E-state index in [4.69, 9.17) is 0 Å². The molecule has 0 saturated heterocycles. The molecule has 0 aliphatic rings. The molecule has 0 heterocycles. The highest BCUT2D eigenvalue weighted by Gasteiger charge is 1.77. The van der Waals surface area contributed by atoms with Crippen LogP contribution < -0.4 is 24.0 Å². The minimum Gasteiger partial charge on any atom is -1.00 e. The second kappa shape index (κ2) is 5.08. The van der Waals surface area contributed by atoms with Crippen molar-refractivity contribution in [3.8, 4) is 0 Å². The number of hydrogen-bond acceptors (Lipinski definition) is 0. The van der Waals surface area contributed by atoms with Gasteiger partial charge in [-0.25, -0.2) is 0 Å². The minimum absolute atomic E-state index is 0. The lowest BCUT2D eigenvalue weighted by Gasteiger charge is -1.69. The van der Waals surface area contributed by atoms with E-state index in [-0.39, 0.29) is 25.4 Å². The third-order valence-corrected chi connectivity index (χ3v) is 0. The molecule has 0 amide bonds. The predicted molar refractivity (Wildman–Crippen MR) is 26.2 cm³/mol. The van der Waals surface area contributed by atoms with Crippen LogP contribution in [0.5, 0.6) is 0 Å². The minimum atomic E-state index is 0. The van der Waals surface area contributed by atoms with Crippen molar-refractivity contribution >= 4 is 10.9 Å². The maximum Gasteiger partial charge on any atom is 1.00 e. The molecule has 0 unspecified atom stereocenters.